The summed E-state index contributed by atoms with van der Waals surface area (Å²) in [6.45, 7) is 8.12. The average molecular weight is 199 g/mol. The summed E-state index contributed by atoms with van der Waals surface area (Å²) < 4.78 is 0. The average Bonchev–Trinajstić information content (AvgIpc) is 2.39. The zero-order valence-electron chi connectivity index (χ0n) is 9.71. The largest absolute Gasteiger partial charge is 0.330 e. The predicted octanol–water partition coefficient (Wildman–Crippen LogP) is 0.751. The van der Waals surface area contributed by atoms with Gasteiger partial charge >= 0.3 is 0 Å². The van der Waals surface area contributed by atoms with Crippen LogP contribution in [0.2, 0.25) is 0 Å². The highest BCUT2D eigenvalue weighted by atomic mass is 15.2. The van der Waals surface area contributed by atoms with Crippen molar-refractivity contribution in [1.29, 1.82) is 0 Å². The van der Waals surface area contributed by atoms with Gasteiger partial charge in [0.25, 0.3) is 0 Å². The van der Waals surface area contributed by atoms with E-state index in [-0.39, 0.29) is 0 Å². The molecule has 0 amide bonds. The lowest BCUT2D eigenvalue weighted by Crippen LogP contribution is -2.36. The van der Waals surface area contributed by atoms with Gasteiger partial charge in [0.1, 0.15) is 0 Å². The summed E-state index contributed by atoms with van der Waals surface area (Å²) in [5.41, 5.74) is 5.53. The molecule has 1 rings (SSSR count). The standard InChI is InChI=1S/C11H25N3/c1-11(5-3-6-12)14-8-4-7-13(2)9-10-14/h11H,3-10,12H2,1-2H3. The minimum absolute atomic E-state index is 0.713. The first-order valence-corrected chi connectivity index (χ1v) is 5.86. The fourth-order valence-electron chi connectivity index (χ4n) is 2.10. The third kappa shape index (κ3) is 3.95. The van der Waals surface area contributed by atoms with E-state index in [0.717, 1.165) is 13.0 Å². The van der Waals surface area contributed by atoms with Crippen molar-refractivity contribution in [2.45, 2.75) is 32.2 Å². The molecule has 3 heteroatoms. The first-order valence-electron chi connectivity index (χ1n) is 5.86. The van der Waals surface area contributed by atoms with E-state index in [1.54, 1.807) is 0 Å². The molecule has 1 fully saturated rings. The fraction of sp³-hybridized carbons (Fsp3) is 1.00. The molecule has 0 aromatic rings. The second-order valence-corrected chi connectivity index (χ2v) is 4.47. The summed E-state index contributed by atoms with van der Waals surface area (Å²) in [5.74, 6) is 0. The number of hydrogen-bond donors (Lipinski definition) is 1. The Labute approximate surface area is 88.2 Å². The van der Waals surface area contributed by atoms with Gasteiger partial charge < -0.3 is 10.6 Å². The maximum absolute atomic E-state index is 5.53. The lowest BCUT2D eigenvalue weighted by Gasteiger charge is -2.27. The zero-order valence-corrected chi connectivity index (χ0v) is 9.71. The molecule has 84 valence electrons. The quantitative estimate of drug-likeness (QED) is 0.725. The molecule has 1 unspecified atom stereocenters. The summed E-state index contributed by atoms with van der Waals surface area (Å²) in [5, 5.41) is 0. The molecule has 1 atom stereocenters. The van der Waals surface area contributed by atoms with Crippen LogP contribution >= 0.6 is 0 Å². The monoisotopic (exact) mass is 199 g/mol. The van der Waals surface area contributed by atoms with Crippen molar-refractivity contribution in [1.82, 2.24) is 9.80 Å². The van der Waals surface area contributed by atoms with E-state index in [9.17, 15) is 0 Å². The smallest absolute Gasteiger partial charge is 0.0112 e. The second kappa shape index (κ2) is 6.38. The Morgan fingerprint density at radius 1 is 1.21 bits per heavy atom. The molecule has 0 bridgehead atoms. The summed E-state index contributed by atoms with van der Waals surface area (Å²) in [7, 11) is 2.22. The lowest BCUT2D eigenvalue weighted by atomic mass is 10.1. The van der Waals surface area contributed by atoms with Gasteiger partial charge in [0.2, 0.25) is 0 Å². The highest BCUT2D eigenvalue weighted by Gasteiger charge is 2.16. The first kappa shape index (κ1) is 12.0. The van der Waals surface area contributed by atoms with Crippen LogP contribution in [-0.2, 0) is 0 Å². The van der Waals surface area contributed by atoms with E-state index in [4.69, 9.17) is 5.73 Å². The van der Waals surface area contributed by atoms with Crippen LogP contribution in [0.25, 0.3) is 0 Å². The van der Waals surface area contributed by atoms with E-state index >= 15 is 0 Å². The van der Waals surface area contributed by atoms with Gasteiger partial charge in [-0.05, 0) is 52.9 Å². The highest BCUT2D eigenvalue weighted by molar-refractivity contribution is 4.72. The molecule has 0 radical (unpaired) electrons. The van der Waals surface area contributed by atoms with E-state index in [0.29, 0.717) is 6.04 Å². The van der Waals surface area contributed by atoms with Crippen LogP contribution < -0.4 is 5.73 Å². The van der Waals surface area contributed by atoms with Crippen molar-refractivity contribution < 1.29 is 0 Å². The van der Waals surface area contributed by atoms with Crippen molar-refractivity contribution in [2.75, 3.05) is 39.8 Å². The predicted molar refractivity (Wildman–Crippen MR) is 61.4 cm³/mol. The minimum Gasteiger partial charge on any atom is -0.330 e. The molecule has 0 aliphatic carbocycles. The van der Waals surface area contributed by atoms with Crippen molar-refractivity contribution in [3.8, 4) is 0 Å². The van der Waals surface area contributed by atoms with Gasteiger partial charge in [-0.2, -0.15) is 0 Å². The van der Waals surface area contributed by atoms with Crippen LogP contribution in [0.15, 0.2) is 0 Å². The molecular formula is C11H25N3. The van der Waals surface area contributed by atoms with Gasteiger partial charge in [0, 0.05) is 19.1 Å². The van der Waals surface area contributed by atoms with Gasteiger partial charge in [-0.25, -0.2) is 0 Å². The maximum Gasteiger partial charge on any atom is 0.0112 e. The van der Waals surface area contributed by atoms with Crippen LogP contribution in [0.3, 0.4) is 0 Å². The molecular weight excluding hydrogens is 174 g/mol. The second-order valence-electron chi connectivity index (χ2n) is 4.47. The SMILES string of the molecule is CC(CCCN)N1CCCN(C)CC1. The Kier molecular flexibility index (Phi) is 5.45. The van der Waals surface area contributed by atoms with E-state index in [1.807, 2.05) is 0 Å². The Hall–Kier alpha value is -0.120. The molecule has 1 saturated heterocycles. The highest BCUT2D eigenvalue weighted by Crippen LogP contribution is 2.09. The van der Waals surface area contributed by atoms with Crippen molar-refractivity contribution >= 4 is 0 Å². The lowest BCUT2D eigenvalue weighted by molar-refractivity contribution is 0.204. The molecule has 14 heavy (non-hydrogen) atoms. The number of nitrogens with two attached hydrogens (primary N) is 1. The van der Waals surface area contributed by atoms with Crippen LogP contribution in [0, 0.1) is 0 Å². The molecule has 2 N–H and O–H groups in total. The van der Waals surface area contributed by atoms with Crippen molar-refractivity contribution in [2.24, 2.45) is 5.73 Å². The van der Waals surface area contributed by atoms with Crippen LogP contribution in [0.4, 0.5) is 0 Å². The van der Waals surface area contributed by atoms with E-state index in [2.05, 4.69) is 23.8 Å². The minimum atomic E-state index is 0.713. The van der Waals surface area contributed by atoms with Crippen LogP contribution in [0.5, 0.6) is 0 Å². The van der Waals surface area contributed by atoms with E-state index in [1.165, 1.54) is 39.0 Å². The van der Waals surface area contributed by atoms with Gasteiger partial charge in [0.05, 0.1) is 0 Å². The molecule has 1 heterocycles. The number of likely N-dealkylation sites (N-methyl/N-ethyl adjacent to an activating group) is 1. The summed E-state index contributed by atoms with van der Waals surface area (Å²) in [6, 6.07) is 0.713. The molecule has 1 aliphatic heterocycles. The summed E-state index contributed by atoms with van der Waals surface area (Å²) >= 11 is 0. The van der Waals surface area contributed by atoms with Gasteiger partial charge in [0.15, 0.2) is 0 Å². The number of hydrogen-bond acceptors (Lipinski definition) is 3. The molecule has 0 aromatic heterocycles. The zero-order chi connectivity index (χ0) is 10.4. The summed E-state index contributed by atoms with van der Waals surface area (Å²) in [6.07, 6.45) is 3.72. The fourth-order valence-corrected chi connectivity index (χ4v) is 2.10. The Balaban J connectivity index is 2.27. The normalized spacial score (nSPS) is 23.4. The Bertz CT molecular complexity index is 149. The Morgan fingerprint density at radius 2 is 2.00 bits per heavy atom. The molecule has 0 aromatic carbocycles. The van der Waals surface area contributed by atoms with Crippen molar-refractivity contribution in [3.05, 3.63) is 0 Å². The molecule has 0 saturated carbocycles. The molecule has 1 aliphatic rings. The van der Waals surface area contributed by atoms with Crippen LogP contribution in [0.1, 0.15) is 26.2 Å². The van der Waals surface area contributed by atoms with Crippen molar-refractivity contribution in [3.63, 3.8) is 0 Å². The number of rotatable bonds is 4. The third-order valence-corrected chi connectivity index (χ3v) is 3.20. The Morgan fingerprint density at radius 3 is 2.71 bits per heavy atom. The molecule has 3 nitrogen and oxygen atoms in total. The van der Waals surface area contributed by atoms with Crippen LogP contribution in [-0.4, -0.2) is 55.6 Å². The third-order valence-electron chi connectivity index (χ3n) is 3.20. The molecule has 0 spiro atoms. The topological polar surface area (TPSA) is 32.5 Å². The van der Waals surface area contributed by atoms with Gasteiger partial charge in [-0.1, -0.05) is 0 Å². The maximum atomic E-state index is 5.53. The first-order chi connectivity index (χ1) is 6.74. The van der Waals surface area contributed by atoms with Gasteiger partial charge in [-0.15, -0.1) is 0 Å². The van der Waals surface area contributed by atoms with E-state index < -0.39 is 0 Å². The summed E-state index contributed by atoms with van der Waals surface area (Å²) in [4.78, 5) is 5.04. The van der Waals surface area contributed by atoms with Gasteiger partial charge in [-0.3, -0.25) is 4.90 Å². The number of nitrogens with zero attached hydrogens (tertiary/aromatic N) is 2.